The predicted molar refractivity (Wildman–Crippen MR) is 122 cm³/mol. The van der Waals surface area contributed by atoms with Crippen LogP contribution in [0.15, 0.2) is 29.2 Å². The van der Waals surface area contributed by atoms with Crippen LogP contribution >= 0.6 is 0 Å². The molecule has 30 heavy (non-hydrogen) atoms. The zero-order chi connectivity index (χ0) is 20.0. The Morgan fingerprint density at radius 2 is 1.67 bits per heavy atom. The first-order chi connectivity index (χ1) is 13.5. The van der Waals surface area contributed by atoms with Gasteiger partial charge in [-0.3, -0.25) is 4.79 Å². The lowest BCUT2D eigenvalue weighted by atomic mass is 9.90. The second-order valence-electron chi connectivity index (χ2n) is 8.22. The van der Waals surface area contributed by atoms with Gasteiger partial charge in [0.2, 0.25) is 15.9 Å². The molecular weight excluding hydrogens is 396 g/mol. The summed E-state index contributed by atoms with van der Waals surface area (Å²) in [7, 11) is -3.48. The Bertz CT molecular complexity index is 755. The van der Waals surface area contributed by atoms with E-state index in [1.165, 1.54) is 19.3 Å². The van der Waals surface area contributed by atoms with Gasteiger partial charge in [-0.25, -0.2) is 8.42 Å². The Hall–Kier alpha value is -1.40. The molecule has 2 fully saturated rings. The topological polar surface area (TPSA) is 66.5 Å². The maximum Gasteiger partial charge on any atom is 0.243 e. The van der Waals surface area contributed by atoms with Gasteiger partial charge in [0.05, 0.1) is 10.8 Å². The Labute approximate surface area is 184 Å². The van der Waals surface area contributed by atoms with Crippen LogP contribution in [0.2, 0.25) is 0 Å². The lowest BCUT2D eigenvalue weighted by Gasteiger charge is -2.32. The molecule has 5 nitrogen and oxygen atoms in total. The summed E-state index contributed by atoms with van der Waals surface area (Å²) in [4.78, 5) is 13.0. The molecule has 1 saturated carbocycles. The Balaban J connectivity index is 0.00000225. The summed E-state index contributed by atoms with van der Waals surface area (Å²) in [5.74, 6) is 1.28. The molecule has 1 aromatic rings. The van der Waals surface area contributed by atoms with Crippen LogP contribution in [-0.2, 0) is 14.8 Å². The van der Waals surface area contributed by atoms with Crippen molar-refractivity contribution in [1.29, 1.82) is 0 Å². The van der Waals surface area contributed by atoms with Gasteiger partial charge in [0.1, 0.15) is 0 Å². The van der Waals surface area contributed by atoms with Crippen molar-refractivity contribution < 1.29 is 13.2 Å². The molecule has 3 rings (SSSR count). The molecule has 0 aromatic heterocycles. The molecule has 0 bridgehead atoms. The fourth-order valence-electron chi connectivity index (χ4n) is 4.32. The van der Waals surface area contributed by atoms with Crippen molar-refractivity contribution in [2.75, 3.05) is 19.6 Å². The van der Waals surface area contributed by atoms with Crippen LogP contribution in [0.4, 0.5) is 0 Å². The van der Waals surface area contributed by atoms with Crippen molar-refractivity contribution in [2.24, 2.45) is 5.92 Å². The Kier molecular flexibility index (Phi) is 11.1. The number of rotatable bonds is 5. The van der Waals surface area contributed by atoms with Crippen LogP contribution in [0.1, 0.15) is 63.4 Å². The molecule has 1 atom stereocenters. The number of nitrogens with one attached hydrogen (secondary N) is 1. The predicted octanol–water partition coefficient (Wildman–Crippen LogP) is 4.49. The number of carbonyl (C=O) groups excluding carboxylic acids is 1. The van der Waals surface area contributed by atoms with Crippen LogP contribution in [0, 0.1) is 33.6 Å². The number of hydrogen-bond acceptors (Lipinski definition) is 3. The van der Waals surface area contributed by atoms with Crippen molar-refractivity contribution in [3.05, 3.63) is 50.6 Å². The lowest BCUT2D eigenvalue weighted by Crippen LogP contribution is -2.44. The van der Waals surface area contributed by atoms with Gasteiger partial charge in [-0.15, -0.1) is 0 Å². The van der Waals surface area contributed by atoms with Gasteiger partial charge in [-0.1, -0.05) is 65.2 Å². The van der Waals surface area contributed by atoms with Crippen molar-refractivity contribution in [3.8, 4) is 0 Å². The fraction of sp³-hybridized carbons (Fsp3) is 0.583. The van der Waals surface area contributed by atoms with Crippen molar-refractivity contribution in [2.45, 2.75) is 69.6 Å². The highest BCUT2D eigenvalue weighted by molar-refractivity contribution is 7.89. The zero-order valence-corrected chi connectivity index (χ0v) is 19.2. The average molecular weight is 434 g/mol. The molecule has 2 aliphatic rings. The quantitative estimate of drug-likeness (QED) is 0.744. The first-order valence-electron chi connectivity index (χ1n) is 10.7. The maximum absolute atomic E-state index is 13.0. The van der Waals surface area contributed by atoms with E-state index in [2.05, 4.69) is 5.32 Å². The molecule has 1 N–H and O–H groups in total. The van der Waals surface area contributed by atoms with Crippen LogP contribution in [0.5, 0.6) is 0 Å². The van der Waals surface area contributed by atoms with Crippen LogP contribution in [0.3, 0.4) is 0 Å². The van der Waals surface area contributed by atoms with E-state index in [9.17, 15) is 13.2 Å². The highest BCUT2D eigenvalue weighted by Crippen LogP contribution is 2.26. The van der Waals surface area contributed by atoms with Crippen molar-refractivity contribution >= 4 is 15.9 Å². The molecule has 1 amide bonds. The number of sulfonamides is 1. The number of hydrogen-bond donors (Lipinski definition) is 1. The van der Waals surface area contributed by atoms with Crippen molar-refractivity contribution in [1.82, 2.24) is 9.62 Å². The highest BCUT2D eigenvalue weighted by atomic mass is 32.2. The summed E-state index contributed by atoms with van der Waals surface area (Å²) >= 11 is 0. The van der Waals surface area contributed by atoms with E-state index in [-0.39, 0.29) is 26.7 Å². The van der Waals surface area contributed by atoms with Gasteiger partial charge < -0.3 is 5.32 Å². The third kappa shape index (κ3) is 6.81. The second-order valence-corrected chi connectivity index (χ2v) is 10.1. The molecule has 167 valence electrons. The van der Waals surface area contributed by atoms with E-state index in [4.69, 9.17) is 0 Å². The number of benzene rings is 1. The molecule has 0 spiro atoms. The Morgan fingerprint density at radius 1 is 1.03 bits per heavy atom. The Morgan fingerprint density at radius 3 is 2.33 bits per heavy atom. The summed E-state index contributed by atoms with van der Waals surface area (Å²) in [5, 5.41) is 3.10. The number of piperidine rings is 1. The van der Waals surface area contributed by atoms with Gasteiger partial charge in [-0.05, 0) is 50.2 Å². The summed E-state index contributed by atoms with van der Waals surface area (Å²) in [6, 6.07) is 7.14. The maximum atomic E-state index is 13.0. The van der Waals surface area contributed by atoms with Gasteiger partial charge in [0, 0.05) is 19.6 Å². The van der Waals surface area contributed by atoms with E-state index in [0.29, 0.717) is 24.5 Å². The third-order valence-corrected chi connectivity index (χ3v) is 8.05. The molecule has 1 unspecified atom stereocenters. The van der Waals surface area contributed by atoms with E-state index in [1.807, 2.05) is 19.1 Å². The highest BCUT2D eigenvalue weighted by Gasteiger charge is 2.31. The number of nitrogens with zero attached hydrogens (tertiary/aromatic N) is 1. The van der Waals surface area contributed by atoms with Crippen LogP contribution in [-0.4, -0.2) is 38.3 Å². The molecule has 1 aromatic carbocycles. The minimum absolute atomic E-state index is 0. The van der Waals surface area contributed by atoms with Gasteiger partial charge in [-0.2, -0.15) is 4.31 Å². The van der Waals surface area contributed by atoms with E-state index >= 15 is 0 Å². The monoisotopic (exact) mass is 433 g/mol. The molecule has 1 saturated heterocycles. The molecule has 1 heterocycles. The zero-order valence-electron chi connectivity index (χ0n) is 18.4. The van der Waals surface area contributed by atoms with Crippen LogP contribution < -0.4 is 5.32 Å². The van der Waals surface area contributed by atoms with E-state index < -0.39 is 10.0 Å². The first kappa shape index (κ1) is 26.6. The summed E-state index contributed by atoms with van der Waals surface area (Å²) in [5.41, 5.74) is 0.776. The summed E-state index contributed by atoms with van der Waals surface area (Å²) in [6.07, 6.45) is 9.52. The smallest absolute Gasteiger partial charge is 0.243 e. The molecule has 1 aliphatic carbocycles. The molecule has 1 aliphatic heterocycles. The minimum Gasteiger partial charge on any atom is -0.355 e. The first-order valence-corrected chi connectivity index (χ1v) is 12.1. The molecule has 6 heteroatoms. The minimum atomic E-state index is -3.48. The lowest BCUT2D eigenvalue weighted by molar-refractivity contribution is -0.120. The number of amides is 1. The summed E-state index contributed by atoms with van der Waals surface area (Å²) in [6.45, 7) is 3.42. The molecular formula is C24H37N2O3S. The number of aryl methyl sites for hydroxylation is 1. The molecule has 5 radical (unpaired) electrons. The van der Waals surface area contributed by atoms with E-state index in [1.54, 1.807) is 16.4 Å². The van der Waals surface area contributed by atoms with E-state index in [0.717, 1.165) is 50.0 Å². The van der Waals surface area contributed by atoms with Gasteiger partial charge in [0.25, 0.3) is 0 Å². The SMILES string of the molecule is Cc1ccccc1S(=O)(=O)N1CCCC(CNC(=O)[C]2CCCCCCC2)C1.[CH2].[CH2]. The van der Waals surface area contributed by atoms with Gasteiger partial charge in [0.15, 0.2) is 0 Å². The standard InChI is InChI=1S/C22H33N2O3S.2CH2/c1-18-10-7-8-14-21(18)28(26,27)24-15-9-11-19(17-24)16-23-22(25)20-12-5-3-2-4-6-13-20;;/h7-8,10,14,19H,2-6,9,11-13,15-17H2,1H3,(H,23,25);2*1H2. The summed E-state index contributed by atoms with van der Waals surface area (Å²) < 4.78 is 27.7. The second kappa shape index (κ2) is 12.5. The van der Waals surface area contributed by atoms with Crippen LogP contribution in [0.25, 0.3) is 0 Å². The van der Waals surface area contributed by atoms with Crippen molar-refractivity contribution in [3.63, 3.8) is 0 Å². The normalized spacial score (nSPS) is 21.4. The fourth-order valence-corrected chi connectivity index (χ4v) is 6.10. The third-order valence-electron chi connectivity index (χ3n) is 6.02. The van der Waals surface area contributed by atoms with Gasteiger partial charge >= 0.3 is 0 Å². The largest absolute Gasteiger partial charge is 0.355 e. The number of carbonyl (C=O) groups is 1. The average Bonchev–Trinajstić information content (AvgIpc) is 2.66.